The molecule has 10 heteroatoms. The minimum atomic E-state index is 0.150. The molecule has 3 unspecified atom stereocenters. The molecule has 148 valence electrons. The molecule has 0 aliphatic carbocycles. The minimum absolute atomic E-state index is 0.150. The van der Waals surface area contributed by atoms with Gasteiger partial charge in [-0.2, -0.15) is 5.10 Å². The number of anilines is 1. The fourth-order valence-corrected chi connectivity index (χ4v) is 4.06. The summed E-state index contributed by atoms with van der Waals surface area (Å²) in [4.78, 5) is 20.1. The number of rotatable bonds is 3. The molecule has 4 aromatic heterocycles. The van der Waals surface area contributed by atoms with Crippen molar-refractivity contribution in [1.29, 1.82) is 0 Å². The van der Waals surface area contributed by atoms with E-state index in [2.05, 4.69) is 49.2 Å². The largest absolute Gasteiger partial charge is 0.350 e. The zero-order chi connectivity index (χ0) is 20.0. The Hall–Kier alpha value is -3.04. The summed E-state index contributed by atoms with van der Waals surface area (Å²) in [5.41, 5.74) is 2.60. The Morgan fingerprint density at radius 3 is 2.86 bits per heavy atom. The van der Waals surface area contributed by atoms with Crippen LogP contribution in [0.15, 0.2) is 43.2 Å². The molecule has 1 saturated heterocycles. The molecule has 2 N–H and O–H groups in total. The van der Waals surface area contributed by atoms with Crippen LogP contribution < -0.4 is 10.2 Å². The third-order valence-electron chi connectivity index (χ3n) is 5.32. The first kappa shape index (κ1) is 18.0. The molecule has 29 heavy (non-hydrogen) atoms. The molecule has 0 saturated carbocycles. The van der Waals surface area contributed by atoms with Crippen molar-refractivity contribution < 1.29 is 0 Å². The van der Waals surface area contributed by atoms with E-state index in [1.165, 1.54) is 0 Å². The third-order valence-corrected chi connectivity index (χ3v) is 5.51. The summed E-state index contributed by atoms with van der Waals surface area (Å²) in [6.45, 7) is 5.21. The second-order valence-corrected chi connectivity index (χ2v) is 7.68. The lowest BCUT2D eigenvalue weighted by molar-refractivity contribution is 0.333. The predicted octanol–water partition coefficient (Wildman–Crippen LogP) is 2.49. The van der Waals surface area contributed by atoms with Crippen molar-refractivity contribution in [3.05, 3.63) is 54.0 Å². The molecule has 4 aromatic rings. The molecule has 0 amide bonds. The SMILES string of the molecule is CC1CN(c2ccnc(-c3cnc4cnc(Cl)cn34)n2)C(C)C(c2cn[nH]c2)N1. The molecule has 0 spiro atoms. The van der Waals surface area contributed by atoms with E-state index in [1.807, 2.05) is 22.9 Å². The summed E-state index contributed by atoms with van der Waals surface area (Å²) in [7, 11) is 0. The van der Waals surface area contributed by atoms with Gasteiger partial charge in [0.2, 0.25) is 0 Å². The van der Waals surface area contributed by atoms with E-state index in [0.29, 0.717) is 22.7 Å². The van der Waals surface area contributed by atoms with Gasteiger partial charge in [0.05, 0.1) is 24.6 Å². The Kier molecular flexibility index (Phi) is 4.40. The van der Waals surface area contributed by atoms with Gasteiger partial charge in [-0.25, -0.2) is 19.9 Å². The number of H-pyrrole nitrogens is 1. The van der Waals surface area contributed by atoms with Crippen molar-refractivity contribution in [2.24, 2.45) is 0 Å². The lowest BCUT2D eigenvalue weighted by Crippen LogP contribution is -2.56. The number of piperazine rings is 1. The maximum Gasteiger partial charge on any atom is 0.180 e. The first-order valence-corrected chi connectivity index (χ1v) is 9.81. The number of imidazole rings is 1. The Morgan fingerprint density at radius 2 is 2.03 bits per heavy atom. The van der Waals surface area contributed by atoms with Crippen LogP contribution in [0.2, 0.25) is 5.15 Å². The second kappa shape index (κ2) is 7.09. The van der Waals surface area contributed by atoms with Crippen molar-refractivity contribution in [3.63, 3.8) is 0 Å². The van der Waals surface area contributed by atoms with Crippen molar-refractivity contribution >= 4 is 23.1 Å². The number of hydrogen-bond acceptors (Lipinski definition) is 7. The van der Waals surface area contributed by atoms with Crippen LogP contribution in [0.4, 0.5) is 5.82 Å². The van der Waals surface area contributed by atoms with Gasteiger partial charge < -0.3 is 10.2 Å². The van der Waals surface area contributed by atoms with Gasteiger partial charge in [0.25, 0.3) is 0 Å². The normalized spacial score (nSPS) is 22.3. The molecule has 9 nitrogen and oxygen atoms in total. The van der Waals surface area contributed by atoms with E-state index in [1.54, 1.807) is 24.8 Å². The molecule has 1 fully saturated rings. The van der Waals surface area contributed by atoms with Crippen LogP contribution in [0.3, 0.4) is 0 Å². The van der Waals surface area contributed by atoms with Crippen molar-refractivity contribution in [3.8, 4) is 11.5 Å². The van der Waals surface area contributed by atoms with Gasteiger partial charge in [0, 0.05) is 42.8 Å². The van der Waals surface area contributed by atoms with Gasteiger partial charge in [-0.15, -0.1) is 0 Å². The van der Waals surface area contributed by atoms with Gasteiger partial charge >= 0.3 is 0 Å². The first-order valence-electron chi connectivity index (χ1n) is 9.43. The molecule has 3 atom stereocenters. The third kappa shape index (κ3) is 3.22. The van der Waals surface area contributed by atoms with Crippen LogP contribution in [-0.2, 0) is 0 Å². The highest BCUT2D eigenvalue weighted by atomic mass is 35.5. The number of halogens is 1. The van der Waals surface area contributed by atoms with Crippen LogP contribution in [0.1, 0.15) is 25.5 Å². The first-order chi connectivity index (χ1) is 14.1. The summed E-state index contributed by atoms with van der Waals surface area (Å²) in [6, 6.07) is 2.58. The molecule has 5 heterocycles. The Labute approximate surface area is 172 Å². The van der Waals surface area contributed by atoms with E-state index >= 15 is 0 Å². The monoisotopic (exact) mass is 409 g/mol. The summed E-state index contributed by atoms with van der Waals surface area (Å²) >= 11 is 6.06. The van der Waals surface area contributed by atoms with Gasteiger partial charge in [-0.05, 0) is 19.9 Å². The summed E-state index contributed by atoms with van der Waals surface area (Å²) in [5.74, 6) is 1.47. The minimum Gasteiger partial charge on any atom is -0.350 e. The van der Waals surface area contributed by atoms with Gasteiger partial charge in [0.1, 0.15) is 16.7 Å². The van der Waals surface area contributed by atoms with E-state index in [0.717, 1.165) is 23.6 Å². The Morgan fingerprint density at radius 1 is 1.14 bits per heavy atom. The van der Waals surface area contributed by atoms with Crippen LogP contribution in [0.5, 0.6) is 0 Å². The zero-order valence-electron chi connectivity index (χ0n) is 16.0. The molecular weight excluding hydrogens is 390 g/mol. The summed E-state index contributed by atoms with van der Waals surface area (Å²) in [5, 5.41) is 11.1. The molecular formula is C19H20ClN9. The standard InChI is InChI=1S/C19H20ClN9/c1-11-9-28(12(2)18(26-11)13-5-24-25-6-13)16-3-4-21-19(27-16)14-7-23-17-8-22-15(20)10-29(14)17/h3-8,10-12,18,26H,9H2,1-2H3,(H,24,25). The maximum absolute atomic E-state index is 6.06. The average molecular weight is 410 g/mol. The molecule has 0 aromatic carbocycles. The topological polar surface area (TPSA) is 99.9 Å². The highest BCUT2D eigenvalue weighted by molar-refractivity contribution is 6.29. The van der Waals surface area contributed by atoms with Crippen molar-refractivity contribution in [2.75, 3.05) is 11.4 Å². The lowest BCUT2D eigenvalue weighted by atomic mass is 9.97. The van der Waals surface area contributed by atoms with E-state index in [-0.39, 0.29) is 12.1 Å². The van der Waals surface area contributed by atoms with Crippen molar-refractivity contribution in [2.45, 2.75) is 32.0 Å². The van der Waals surface area contributed by atoms with Crippen LogP contribution in [0.25, 0.3) is 17.2 Å². The number of hydrogen-bond donors (Lipinski definition) is 2. The van der Waals surface area contributed by atoms with E-state index in [4.69, 9.17) is 16.6 Å². The van der Waals surface area contributed by atoms with Crippen LogP contribution in [-0.4, -0.2) is 53.2 Å². The predicted molar refractivity (Wildman–Crippen MR) is 110 cm³/mol. The fourth-order valence-electron chi connectivity index (χ4n) is 3.91. The Balaban J connectivity index is 1.52. The summed E-state index contributed by atoms with van der Waals surface area (Å²) < 4.78 is 1.85. The zero-order valence-corrected chi connectivity index (χ0v) is 16.7. The molecule has 0 radical (unpaired) electrons. The quantitative estimate of drug-likeness (QED) is 0.536. The van der Waals surface area contributed by atoms with E-state index < -0.39 is 0 Å². The molecule has 1 aliphatic rings. The number of aromatic amines is 1. The Bertz CT molecular complexity index is 1140. The molecule has 5 rings (SSSR count). The highest BCUT2D eigenvalue weighted by Gasteiger charge is 2.33. The van der Waals surface area contributed by atoms with Gasteiger partial charge in [0.15, 0.2) is 11.5 Å². The maximum atomic E-state index is 6.06. The number of fused-ring (bicyclic) bond motifs is 1. The smallest absolute Gasteiger partial charge is 0.180 e. The second-order valence-electron chi connectivity index (χ2n) is 7.29. The van der Waals surface area contributed by atoms with Crippen molar-refractivity contribution in [1.82, 2.24) is 39.9 Å². The van der Waals surface area contributed by atoms with Gasteiger partial charge in [-0.1, -0.05) is 11.6 Å². The van der Waals surface area contributed by atoms with Crippen LogP contribution in [0, 0.1) is 0 Å². The average Bonchev–Trinajstić information content (AvgIpc) is 3.39. The summed E-state index contributed by atoms with van der Waals surface area (Å²) in [6.07, 6.45) is 10.7. The fraction of sp³-hybridized carbons (Fsp3) is 0.316. The number of nitrogens with one attached hydrogen (secondary N) is 2. The van der Waals surface area contributed by atoms with E-state index in [9.17, 15) is 0 Å². The highest BCUT2D eigenvalue weighted by Crippen LogP contribution is 2.29. The van der Waals surface area contributed by atoms with Crippen LogP contribution >= 0.6 is 11.6 Å². The number of aromatic nitrogens is 7. The molecule has 0 bridgehead atoms. The lowest BCUT2D eigenvalue weighted by Gasteiger charge is -2.43. The number of nitrogens with zero attached hydrogens (tertiary/aromatic N) is 7. The molecule has 1 aliphatic heterocycles. The van der Waals surface area contributed by atoms with Gasteiger partial charge in [-0.3, -0.25) is 9.50 Å².